The van der Waals surface area contributed by atoms with Crippen LogP contribution < -0.4 is 21.5 Å². The summed E-state index contributed by atoms with van der Waals surface area (Å²) in [4.78, 5) is 12.5. The maximum absolute atomic E-state index is 13.3. The van der Waals surface area contributed by atoms with Crippen LogP contribution in [-0.4, -0.2) is 33.0 Å². The van der Waals surface area contributed by atoms with Crippen LogP contribution in [0, 0.1) is 0 Å². The number of fused-ring (bicyclic) bond motifs is 1. The smallest absolute Gasteiger partial charge is 0.367 e. The molecule has 1 aliphatic heterocycles. The fourth-order valence-electron chi connectivity index (χ4n) is 3.15. The summed E-state index contributed by atoms with van der Waals surface area (Å²) in [6.07, 6.45) is -3.51. The van der Waals surface area contributed by atoms with Crippen LogP contribution in [0.1, 0.15) is 48.3 Å². The monoisotopic (exact) mass is 426 g/mol. The average molecular weight is 426 g/mol. The molecule has 0 spiro atoms. The maximum Gasteiger partial charge on any atom is 0.410 e. The zero-order chi connectivity index (χ0) is 21.2. The van der Waals surface area contributed by atoms with Crippen LogP contribution in [0.25, 0.3) is 0 Å². The van der Waals surface area contributed by atoms with Crippen LogP contribution in [-0.2, 0) is 0 Å². The number of benzene rings is 1. The lowest BCUT2D eigenvalue weighted by molar-refractivity contribution is -0.173. The molecule has 2 aromatic rings. The fraction of sp³-hybridized carbons (Fsp3) is 0.389. The number of anilines is 1. The molecule has 1 aromatic heterocycles. The highest BCUT2D eigenvalue weighted by Crippen LogP contribution is 2.39. The van der Waals surface area contributed by atoms with E-state index < -0.39 is 24.2 Å². The number of halogens is 3. The van der Waals surface area contributed by atoms with Crippen molar-refractivity contribution in [3.05, 3.63) is 47.7 Å². The van der Waals surface area contributed by atoms with Gasteiger partial charge in [0.1, 0.15) is 11.4 Å². The summed E-state index contributed by atoms with van der Waals surface area (Å²) in [6.45, 7) is 3.53. The molecule has 3 atom stereocenters. The first kappa shape index (κ1) is 20.9. The summed E-state index contributed by atoms with van der Waals surface area (Å²) in [7, 11) is 0. The van der Waals surface area contributed by atoms with Gasteiger partial charge in [-0.2, -0.15) is 18.3 Å². The highest BCUT2D eigenvalue weighted by molar-refractivity contribution is 7.80. The Hall–Kier alpha value is -2.82. The minimum absolute atomic E-state index is 0.00259. The summed E-state index contributed by atoms with van der Waals surface area (Å²) >= 11 is 5.16. The fourth-order valence-corrected chi connectivity index (χ4v) is 3.37. The highest BCUT2D eigenvalue weighted by Gasteiger charge is 2.46. The van der Waals surface area contributed by atoms with Crippen molar-refractivity contribution >= 4 is 29.1 Å². The van der Waals surface area contributed by atoms with Gasteiger partial charge in [0.05, 0.1) is 12.2 Å². The van der Waals surface area contributed by atoms with Crippen molar-refractivity contribution in [2.45, 2.75) is 44.6 Å². The second-order valence-corrected chi connectivity index (χ2v) is 7.28. The minimum atomic E-state index is -4.46. The van der Waals surface area contributed by atoms with Crippen molar-refractivity contribution in [3.8, 4) is 0 Å². The van der Waals surface area contributed by atoms with Gasteiger partial charge in [-0.1, -0.05) is 30.3 Å². The molecule has 156 valence electrons. The van der Waals surface area contributed by atoms with Gasteiger partial charge >= 0.3 is 6.18 Å². The average Bonchev–Trinajstić information content (AvgIpc) is 3.09. The van der Waals surface area contributed by atoms with Crippen molar-refractivity contribution in [1.82, 2.24) is 25.9 Å². The van der Waals surface area contributed by atoms with Gasteiger partial charge in [0.15, 0.2) is 11.2 Å². The molecule has 3 rings (SSSR count). The number of aromatic nitrogens is 2. The third kappa shape index (κ3) is 4.78. The molecule has 0 saturated heterocycles. The van der Waals surface area contributed by atoms with E-state index >= 15 is 0 Å². The molecular formula is C18H21F3N6OS. The van der Waals surface area contributed by atoms with E-state index in [4.69, 9.17) is 12.2 Å². The highest BCUT2D eigenvalue weighted by atomic mass is 32.1. The Labute approximate surface area is 171 Å². The van der Waals surface area contributed by atoms with E-state index in [-0.39, 0.29) is 29.0 Å². The molecular weight excluding hydrogens is 405 g/mol. The number of nitrogens with zero attached hydrogens (tertiary/aromatic N) is 2. The Morgan fingerprint density at radius 2 is 2.00 bits per heavy atom. The second kappa shape index (κ2) is 8.27. The Morgan fingerprint density at radius 3 is 2.66 bits per heavy atom. The van der Waals surface area contributed by atoms with Crippen LogP contribution in [0.15, 0.2) is 36.5 Å². The Morgan fingerprint density at radius 1 is 1.31 bits per heavy atom. The number of alkyl halides is 3. The SMILES string of the molecule is C[C@H](NC(=S)NNC(=O)c1cnn2c1N[C@@H](C)C[C@@H]2C(F)(F)F)c1ccccc1. The molecule has 29 heavy (non-hydrogen) atoms. The number of hydrogen-bond acceptors (Lipinski definition) is 4. The number of thiocarbonyl (C=S) groups is 1. The number of hydrogen-bond donors (Lipinski definition) is 4. The van der Waals surface area contributed by atoms with Gasteiger partial charge in [0.25, 0.3) is 5.91 Å². The number of hydrazine groups is 1. The number of carbonyl (C=O) groups excluding carboxylic acids is 1. The molecule has 7 nitrogen and oxygen atoms in total. The quantitative estimate of drug-likeness (QED) is 0.446. The molecule has 0 radical (unpaired) electrons. The normalized spacial score (nSPS) is 19.5. The Balaban J connectivity index is 1.63. The topological polar surface area (TPSA) is 83.0 Å². The van der Waals surface area contributed by atoms with E-state index in [9.17, 15) is 18.0 Å². The standard InChI is InChI=1S/C18H21F3N6OS/c1-10-8-14(18(19,20)21)27-15(23-10)13(9-22-27)16(28)25-26-17(29)24-11(2)12-6-4-3-5-7-12/h3-7,9-11,14,23H,8H2,1-2H3,(H,25,28)(H2,24,26,29)/t10-,11-,14+/m0/s1. The summed E-state index contributed by atoms with van der Waals surface area (Å²) in [5, 5.41) is 9.85. The predicted octanol–water partition coefficient (Wildman–Crippen LogP) is 3.06. The van der Waals surface area contributed by atoms with E-state index in [1.165, 1.54) is 0 Å². The largest absolute Gasteiger partial charge is 0.410 e. The van der Waals surface area contributed by atoms with Crippen LogP contribution in [0.5, 0.6) is 0 Å². The maximum atomic E-state index is 13.3. The number of carbonyl (C=O) groups is 1. The molecule has 0 aliphatic carbocycles. The summed E-state index contributed by atoms with van der Waals surface area (Å²) < 4.78 is 40.7. The van der Waals surface area contributed by atoms with Crippen molar-refractivity contribution < 1.29 is 18.0 Å². The van der Waals surface area contributed by atoms with Crippen LogP contribution in [0.4, 0.5) is 19.0 Å². The molecule has 0 fully saturated rings. The molecule has 0 saturated carbocycles. The van der Waals surface area contributed by atoms with Gasteiger partial charge < -0.3 is 10.6 Å². The molecule has 0 unspecified atom stereocenters. The minimum Gasteiger partial charge on any atom is -0.367 e. The van der Waals surface area contributed by atoms with Crippen LogP contribution in [0.2, 0.25) is 0 Å². The van der Waals surface area contributed by atoms with E-state index in [2.05, 4.69) is 26.6 Å². The van der Waals surface area contributed by atoms with Gasteiger partial charge in [-0.05, 0) is 38.0 Å². The van der Waals surface area contributed by atoms with Crippen molar-refractivity contribution in [2.24, 2.45) is 0 Å². The molecule has 1 aliphatic rings. The third-order valence-electron chi connectivity index (χ3n) is 4.61. The number of nitrogens with one attached hydrogen (secondary N) is 4. The van der Waals surface area contributed by atoms with Gasteiger partial charge in [-0.25, -0.2) is 4.68 Å². The molecule has 11 heteroatoms. The van der Waals surface area contributed by atoms with Gasteiger partial charge in [0.2, 0.25) is 0 Å². The summed E-state index contributed by atoms with van der Waals surface area (Å²) in [5.41, 5.74) is 5.96. The lowest BCUT2D eigenvalue weighted by Crippen LogP contribution is -2.47. The molecule has 2 heterocycles. The van der Waals surface area contributed by atoms with Crippen molar-refractivity contribution in [1.29, 1.82) is 0 Å². The molecule has 1 aromatic carbocycles. The molecule has 4 N–H and O–H groups in total. The van der Waals surface area contributed by atoms with Crippen molar-refractivity contribution in [3.63, 3.8) is 0 Å². The van der Waals surface area contributed by atoms with E-state index in [0.717, 1.165) is 16.4 Å². The Bertz CT molecular complexity index is 885. The van der Waals surface area contributed by atoms with Crippen LogP contribution in [0.3, 0.4) is 0 Å². The van der Waals surface area contributed by atoms with Gasteiger partial charge in [-0.15, -0.1) is 0 Å². The molecule has 1 amide bonds. The first-order valence-electron chi connectivity index (χ1n) is 8.99. The second-order valence-electron chi connectivity index (χ2n) is 6.87. The van der Waals surface area contributed by atoms with E-state index in [1.54, 1.807) is 6.92 Å². The van der Waals surface area contributed by atoms with Crippen molar-refractivity contribution in [2.75, 3.05) is 5.32 Å². The van der Waals surface area contributed by atoms with E-state index in [0.29, 0.717) is 0 Å². The summed E-state index contributed by atoms with van der Waals surface area (Å²) in [6, 6.07) is 7.22. The lowest BCUT2D eigenvalue weighted by Gasteiger charge is -2.32. The first-order chi connectivity index (χ1) is 13.7. The first-order valence-corrected chi connectivity index (χ1v) is 9.40. The molecule has 0 bridgehead atoms. The zero-order valence-electron chi connectivity index (χ0n) is 15.7. The summed E-state index contributed by atoms with van der Waals surface area (Å²) in [5.74, 6) is -0.618. The predicted molar refractivity (Wildman–Crippen MR) is 106 cm³/mol. The number of rotatable bonds is 3. The third-order valence-corrected chi connectivity index (χ3v) is 4.83. The lowest BCUT2D eigenvalue weighted by atomic mass is 10.1. The van der Waals surface area contributed by atoms with Crippen LogP contribution >= 0.6 is 12.2 Å². The zero-order valence-corrected chi connectivity index (χ0v) is 16.6. The number of amides is 1. The van der Waals surface area contributed by atoms with Gasteiger partial charge in [0, 0.05) is 6.04 Å². The van der Waals surface area contributed by atoms with E-state index in [1.807, 2.05) is 37.3 Å². The Kier molecular flexibility index (Phi) is 5.96. The van der Waals surface area contributed by atoms with Gasteiger partial charge in [-0.3, -0.25) is 15.6 Å².